The van der Waals surface area contributed by atoms with E-state index in [0.29, 0.717) is 17.3 Å². The van der Waals surface area contributed by atoms with Gasteiger partial charge in [-0.2, -0.15) is 5.10 Å². The molecule has 16 heavy (non-hydrogen) atoms. The first-order valence-electron chi connectivity index (χ1n) is 4.74. The first kappa shape index (κ1) is 10.3. The maximum absolute atomic E-state index is 11.4. The van der Waals surface area contributed by atoms with Gasteiger partial charge in [0.15, 0.2) is 5.82 Å². The van der Waals surface area contributed by atoms with Gasteiger partial charge in [-0.3, -0.25) is 9.36 Å². The number of nitrogens with one attached hydrogen (secondary N) is 1. The van der Waals surface area contributed by atoms with Crippen molar-refractivity contribution in [2.24, 2.45) is 14.1 Å². The lowest BCUT2D eigenvalue weighted by molar-refractivity contribution is 0.707. The van der Waals surface area contributed by atoms with Crippen LogP contribution in [-0.4, -0.2) is 31.6 Å². The molecule has 2 rings (SSSR count). The van der Waals surface area contributed by atoms with Gasteiger partial charge in [0.1, 0.15) is 0 Å². The molecule has 7 heteroatoms. The predicted octanol–water partition coefficient (Wildman–Crippen LogP) is -0.383. The zero-order chi connectivity index (χ0) is 11.7. The molecule has 2 aromatic heterocycles. The van der Waals surface area contributed by atoms with E-state index in [9.17, 15) is 4.79 Å². The molecule has 2 heterocycles. The van der Waals surface area contributed by atoms with Gasteiger partial charge in [-0.05, 0) is 0 Å². The van der Waals surface area contributed by atoms with E-state index in [1.807, 2.05) is 7.05 Å². The first-order chi connectivity index (χ1) is 7.63. The van der Waals surface area contributed by atoms with E-state index >= 15 is 0 Å². The number of hydrogen-bond donors (Lipinski definition) is 1. The van der Waals surface area contributed by atoms with Crippen molar-refractivity contribution < 1.29 is 0 Å². The number of nitrogens with zero attached hydrogens (tertiary/aromatic N) is 5. The largest absolute Gasteiger partial charge is 0.357 e. The Morgan fingerprint density at radius 1 is 1.31 bits per heavy atom. The molecule has 1 N–H and O–H groups in total. The van der Waals surface area contributed by atoms with E-state index in [4.69, 9.17) is 0 Å². The molecule has 0 aliphatic rings. The number of rotatable bonds is 2. The fraction of sp³-hybridized carbons (Fsp3) is 0.333. The molecule has 0 aromatic carbocycles. The molecule has 7 nitrogen and oxygen atoms in total. The summed E-state index contributed by atoms with van der Waals surface area (Å²) < 4.78 is 3.02. The monoisotopic (exact) mass is 220 g/mol. The van der Waals surface area contributed by atoms with E-state index < -0.39 is 0 Å². The van der Waals surface area contributed by atoms with Crippen molar-refractivity contribution in [1.29, 1.82) is 0 Å². The number of hydrogen-bond acceptors (Lipinski definition) is 5. The van der Waals surface area contributed by atoms with Crippen LogP contribution in [0.25, 0.3) is 11.4 Å². The van der Waals surface area contributed by atoms with E-state index in [1.165, 1.54) is 10.7 Å². The summed E-state index contributed by atoms with van der Waals surface area (Å²) in [5.74, 6) is 1.24. The molecule has 0 atom stereocenters. The van der Waals surface area contributed by atoms with Crippen molar-refractivity contribution in [3.05, 3.63) is 22.6 Å². The number of aromatic nitrogens is 5. The van der Waals surface area contributed by atoms with Gasteiger partial charge in [-0.15, -0.1) is 10.2 Å². The highest BCUT2D eigenvalue weighted by atomic mass is 16.1. The molecule has 2 aromatic rings. The third-order valence-corrected chi connectivity index (χ3v) is 2.32. The Balaban J connectivity index is 2.54. The Labute approximate surface area is 91.7 Å². The van der Waals surface area contributed by atoms with Gasteiger partial charge in [-0.25, -0.2) is 4.68 Å². The second kappa shape index (κ2) is 3.76. The molecule has 0 radical (unpaired) electrons. The third kappa shape index (κ3) is 1.56. The molecule has 0 aliphatic heterocycles. The highest BCUT2D eigenvalue weighted by Gasteiger charge is 2.10. The van der Waals surface area contributed by atoms with Crippen molar-refractivity contribution in [3.63, 3.8) is 0 Å². The average Bonchev–Trinajstić information content (AvgIpc) is 2.64. The van der Waals surface area contributed by atoms with Crippen molar-refractivity contribution in [1.82, 2.24) is 24.5 Å². The Bertz CT molecular complexity index is 570. The highest BCUT2D eigenvalue weighted by molar-refractivity contribution is 5.55. The smallest absolute Gasteiger partial charge is 0.267 e. The summed E-state index contributed by atoms with van der Waals surface area (Å²) in [6.07, 6.45) is 1.59. The lowest BCUT2D eigenvalue weighted by Gasteiger charge is -2.02. The molecule has 0 aliphatic carbocycles. The predicted molar refractivity (Wildman–Crippen MR) is 59.0 cm³/mol. The summed E-state index contributed by atoms with van der Waals surface area (Å²) in [6, 6.07) is 1.48. The highest BCUT2D eigenvalue weighted by Crippen LogP contribution is 2.15. The molecule has 0 amide bonds. The van der Waals surface area contributed by atoms with Gasteiger partial charge >= 0.3 is 0 Å². The first-order valence-corrected chi connectivity index (χ1v) is 4.74. The van der Waals surface area contributed by atoms with Crippen LogP contribution >= 0.6 is 0 Å². The molecule has 0 unspecified atom stereocenters. The lowest BCUT2D eigenvalue weighted by Crippen LogP contribution is -2.18. The fourth-order valence-corrected chi connectivity index (χ4v) is 1.39. The summed E-state index contributed by atoms with van der Waals surface area (Å²) in [5.41, 5.74) is 0.478. The maximum Gasteiger partial charge on any atom is 0.267 e. The van der Waals surface area contributed by atoms with E-state index in [1.54, 1.807) is 24.9 Å². The zero-order valence-corrected chi connectivity index (χ0v) is 9.30. The second-order valence-electron chi connectivity index (χ2n) is 3.36. The molecular formula is C9H12N6O. The van der Waals surface area contributed by atoms with Crippen LogP contribution in [0.1, 0.15) is 0 Å². The van der Waals surface area contributed by atoms with Crippen LogP contribution in [0.2, 0.25) is 0 Å². The van der Waals surface area contributed by atoms with Gasteiger partial charge in [-0.1, -0.05) is 0 Å². The summed E-state index contributed by atoms with van der Waals surface area (Å²) in [4.78, 5) is 11.4. The van der Waals surface area contributed by atoms with Crippen LogP contribution in [0.4, 0.5) is 5.95 Å². The fourth-order valence-electron chi connectivity index (χ4n) is 1.39. The molecule has 0 spiro atoms. The van der Waals surface area contributed by atoms with Gasteiger partial charge in [0.05, 0.1) is 6.20 Å². The average molecular weight is 220 g/mol. The molecule has 0 fully saturated rings. The minimum atomic E-state index is -0.175. The standard InChI is InChI=1S/C9H12N6O/c1-10-9-13-12-8(14(9)2)6-4-7(16)15(3)11-5-6/h4-5H,1-3H3,(H,10,13). The van der Waals surface area contributed by atoms with Crippen molar-refractivity contribution in [3.8, 4) is 11.4 Å². The summed E-state index contributed by atoms with van der Waals surface area (Å²) in [5, 5.41) is 14.7. The Morgan fingerprint density at radius 3 is 2.62 bits per heavy atom. The van der Waals surface area contributed by atoms with Crippen LogP contribution in [0.15, 0.2) is 17.1 Å². The SMILES string of the molecule is CNc1nnc(-c2cnn(C)c(=O)c2)n1C. The number of aryl methyl sites for hydroxylation is 1. The Hall–Kier alpha value is -2.18. The van der Waals surface area contributed by atoms with Crippen LogP contribution < -0.4 is 10.9 Å². The van der Waals surface area contributed by atoms with E-state index in [0.717, 1.165) is 0 Å². The third-order valence-electron chi connectivity index (χ3n) is 2.32. The Kier molecular flexibility index (Phi) is 2.43. The number of anilines is 1. The normalized spacial score (nSPS) is 10.4. The summed E-state index contributed by atoms with van der Waals surface area (Å²) in [6.45, 7) is 0. The van der Waals surface area contributed by atoms with Crippen LogP contribution in [0.3, 0.4) is 0 Å². The Morgan fingerprint density at radius 2 is 2.06 bits per heavy atom. The maximum atomic E-state index is 11.4. The van der Waals surface area contributed by atoms with E-state index in [2.05, 4.69) is 20.6 Å². The second-order valence-corrected chi connectivity index (χ2v) is 3.36. The topological polar surface area (TPSA) is 77.6 Å². The lowest BCUT2D eigenvalue weighted by atomic mass is 10.3. The van der Waals surface area contributed by atoms with Gasteiger partial charge in [0.25, 0.3) is 5.56 Å². The van der Waals surface area contributed by atoms with Gasteiger partial charge in [0, 0.05) is 32.8 Å². The van der Waals surface area contributed by atoms with Gasteiger partial charge in [0.2, 0.25) is 5.95 Å². The quantitative estimate of drug-likeness (QED) is 0.746. The minimum Gasteiger partial charge on any atom is -0.357 e. The van der Waals surface area contributed by atoms with Crippen LogP contribution in [0, 0.1) is 0 Å². The van der Waals surface area contributed by atoms with Crippen molar-refractivity contribution in [2.45, 2.75) is 0 Å². The van der Waals surface area contributed by atoms with Crippen molar-refractivity contribution >= 4 is 5.95 Å². The summed E-state index contributed by atoms with van der Waals surface area (Å²) in [7, 11) is 5.18. The molecule has 0 saturated carbocycles. The van der Waals surface area contributed by atoms with Gasteiger partial charge < -0.3 is 5.32 Å². The zero-order valence-electron chi connectivity index (χ0n) is 9.30. The molecular weight excluding hydrogens is 208 g/mol. The molecule has 0 saturated heterocycles. The van der Waals surface area contributed by atoms with E-state index in [-0.39, 0.29) is 5.56 Å². The van der Waals surface area contributed by atoms with Crippen LogP contribution in [0.5, 0.6) is 0 Å². The molecule has 0 bridgehead atoms. The van der Waals surface area contributed by atoms with Crippen LogP contribution in [-0.2, 0) is 14.1 Å². The van der Waals surface area contributed by atoms with Crippen molar-refractivity contribution in [2.75, 3.05) is 12.4 Å². The minimum absolute atomic E-state index is 0.175. The summed E-state index contributed by atoms with van der Waals surface area (Å²) >= 11 is 0. The molecule has 84 valence electrons.